The van der Waals surface area contributed by atoms with Crippen LogP contribution in [0.25, 0.3) is 0 Å². The van der Waals surface area contributed by atoms with E-state index < -0.39 is 23.4 Å². The normalized spacial score (nSPS) is 22.8. The molecule has 4 bridgehead atoms. The van der Waals surface area contributed by atoms with E-state index in [1.165, 1.54) is 0 Å². The Morgan fingerprint density at radius 1 is 1.00 bits per heavy atom. The van der Waals surface area contributed by atoms with E-state index >= 15 is 0 Å². The van der Waals surface area contributed by atoms with Gasteiger partial charge in [0.15, 0.2) is 0 Å². The molecule has 1 unspecified atom stereocenters. The number of hydrogen-bond acceptors (Lipinski definition) is 6. The van der Waals surface area contributed by atoms with Crippen molar-refractivity contribution in [1.82, 2.24) is 20.9 Å². The van der Waals surface area contributed by atoms with Crippen LogP contribution in [0.15, 0.2) is 72.8 Å². The number of nitrogens with two attached hydrogens (primary N) is 1. The van der Waals surface area contributed by atoms with Crippen LogP contribution in [0.2, 0.25) is 0 Å². The molecule has 10 heteroatoms. The molecule has 3 aliphatic rings. The van der Waals surface area contributed by atoms with Crippen LogP contribution in [-0.4, -0.2) is 60.3 Å². The van der Waals surface area contributed by atoms with Gasteiger partial charge in [0.2, 0.25) is 23.6 Å². The van der Waals surface area contributed by atoms with Crippen LogP contribution in [0.5, 0.6) is 5.75 Å². The first-order chi connectivity index (χ1) is 23.7. The Kier molecular flexibility index (Phi) is 10.5. The predicted molar refractivity (Wildman–Crippen MR) is 187 cm³/mol. The standard InChI is InChI=1S/C39H47N5O5/c1-26-9-15-32-22-29(26)24-41-36(46)33(16-10-27-6-3-2-4-7-27)42-37(47)34(23-35(45)44-20-5-8-28(25-44)17-21-49-32)43-38(48)39(18-19-39)30-11-13-31(40)14-12-30/h2-4,6-7,9,11-15,22,28,33-34H,5,8,10,16-21,23-25,40H2,1H3,(H,41,46)(H,42,47)(H,43,48)/t28?,33-,34-/m0/s1. The summed E-state index contributed by atoms with van der Waals surface area (Å²) >= 11 is 0. The van der Waals surface area contributed by atoms with Gasteiger partial charge in [0.1, 0.15) is 17.8 Å². The summed E-state index contributed by atoms with van der Waals surface area (Å²) in [6.45, 7) is 3.93. The summed E-state index contributed by atoms with van der Waals surface area (Å²) in [5, 5.41) is 8.90. The SMILES string of the molecule is Cc1ccc2cc1CNC(=O)[C@H](CCc1ccccc1)NC(=O)[C@@H](NC(=O)C1(c3ccc(N)cc3)CC1)CC(=O)N1CCCC(CCO2)C1. The minimum absolute atomic E-state index is 0.196. The smallest absolute Gasteiger partial charge is 0.243 e. The zero-order chi connectivity index (χ0) is 34.4. The number of carbonyl (C=O) groups is 4. The number of fused-ring (bicyclic) bond motifs is 4. The second-order valence-corrected chi connectivity index (χ2v) is 13.8. The quantitative estimate of drug-likeness (QED) is 0.294. The Morgan fingerprint density at radius 2 is 1.78 bits per heavy atom. The largest absolute Gasteiger partial charge is 0.494 e. The molecule has 258 valence electrons. The number of nitrogens with zero attached hydrogens (tertiary/aromatic N) is 1. The summed E-state index contributed by atoms with van der Waals surface area (Å²) in [6, 6.07) is 20.8. The molecular formula is C39H47N5O5. The van der Waals surface area contributed by atoms with E-state index in [4.69, 9.17) is 10.5 Å². The highest BCUT2D eigenvalue weighted by molar-refractivity contribution is 5.98. The van der Waals surface area contributed by atoms with Gasteiger partial charge in [-0.15, -0.1) is 0 Å². The molecule has 1 saturated carbocycles. The topological polar surface area (TPSA) is 143 Å². The van der Waals surface area contributed by atoms with E-state index in [0.29, 0.717) is 51.1 Å². The second-order valence-electron chi connectivity index (χ2n) is 13.8. The lowest BCUT2D eigenvalue weighted by molar-refractivity contribution is -0.138. The Balaban J connectivity index is 1.27. The van der Waals surface area contributed by atoms with Crippen molar-refractivity contribution in [2.75, 3.05) is 25.4 Å². The van der Waals surface area contributed by atoms with E-state index in [0.717, 1.165) is 47.3 Å². The third-order valence-electron chi connectivity index (χ3n) is 10.3. The van der Waals surface area contributed by atoms with Crippen molar-refractivity contribution in [2.24, 2.45) is 5.92 Å². The van der Waals surface area contributed by atoms with E-state index in [9.17, 15) is 19.2 Å². The first-order valence-electron chi connectivity index (χ1n) is 17.5. The van der Waals surface area contributed by atoms with Gasteiger partial charge in [-0.05, 0) is 104 Å². The number of aryl methyl sites for hydroxylation is 2. The summed E-state index contributed by atoms with van der Waals surface area (Å²) in [4.78, 5) is 57.4. The molecule has 10 nitrogen and oxygen atoms in total. The monoisotopic (exact) mass is 665 g/mol. The fraction of sp³-hybridized carbons (Fsp3) is 0.436. The van der Waals surface area contributed by atoms with Crippen molar-refractivity contribution in [2.45, 2.75) is 82.3 Å². The Labute approximate surface area is 288 Å². The summed E-state index contributed by atoms with van der Waals surface area (Å²) in [5.41, 5.74) is 9.53. The van der Waals surface area contributed by atoms with Crippen molar-refractivity contribution < 1.29 is 23.9 Å². The highest BCUT2D eigenvalue weighted by Crippen LogP contribution is 2.48. The molecule has 1 aliphatic carbocycles. The number of nitrogen functional groups attached to an aromatic ring is 1. The molecule has 6 rings (SSSR count). The molecule has 3 atom stereocenters. The molecule has 5 N–H and O–H groups in total. The average Bonchev–Trinajstić information content (AvgIpc) is 3.92. The lowest BCUT2D eigenvalue weighted by atomic mass is 9.93. The van der Waals surface area contributed by atoms with Crippen LogP contribution in [0.3, 0.4) is 0 Å². The molecule has 0 aromatic heterocycles. The second kappa shape index (κ2) is 15.1. The average molecular weight is 666 g/mol. The van der Waals surface area contributed by atoms with Crippen molar-refractivity contribution in [3.63, 3.8) is 0 Å². The molecule has 0 spiro atoms. The van der Waals surface area contributed by atoms with Gasteiger partial charge in [0.25, 0.3) is 0 Å². The van der Waals surface area contributed by atoms with Gasteiger partial charge in [0, 0.05) is 25.3 Å². The highest BCUT2D eigenvalue weighted by atomic mass is 16.5. The number of rotatable bonds is 6. The van der Waals surface area contributed by atoms with Crippen LogP contribution >= 0.6 is 0 Å². The van der Waals surface area contributed by atoms with Crippen molar-refractivity contribution in [3.8, 4) is 5.75 Å². The van der Waals surface area contributed by atoms with Crippen LogP contribution in [0, 0.1) is 12.8 Å². The number of ether oxygens (including phenoxy) is 1. The molecule has 4 amide bonds. The minimum atomic E-state index is -1.15. The molecule has 1 saturated heterocycles. The number of nitrogens with one attached hydrogen (secondary N) is 3. The summed E-state index contributed by atoms with van der Waals surface area (Å²) in [5.74, 6) is -0.388. The van der Waals surface area contributed by atoms with E-state index in [2.05, 4.69) is 16.0 Å². The molecular weight excluding hydrogens is 618 g/mol. The van der Waals surface area contributed by atoms with Gasteiger partial charge in [-0.1, -0.05) is 48.5 Å². The van der Waals surface area contributed by atoms with Gasteiger partial charge in [0.05, 0.1) is 18.4 Å². The van der Waals surface area contributed by atoms with E-state index in [-0.39, 0.29) is 36.6 Å². The Bertz CT molecular complexity index is 1660. The number of amides is 4. The van der Waals surface area contributed by atoms with Gasteiger partial charge in [-0.3, -0.25) is 19.2 Å². The third-order valence-corrected chi connectivity index (χ3v) is 10.3. The number of carbonyl (C=O) groups excluding carboxylic acids is 4. The number of benzene rings is 3. The van der Waals surface area contributed by atoms with Crippen molar-refractivity contribution in [3.05, 3.63) is 95.1 Å². The summed E-state index contributed by atoms with van der Waals surface area (Å²) < 4.78 is 6.13. The number of anilines is 1. The van der Waals surface area contributed by atoms with Gasteiger partial charge in [-0.2, -0.15) is 0 Å². The lowest BCUT2D eigenvalue weighted by Gasteiger charge is -2.34. The zero-order valence-corrected chi connectivity index (χ0v) is 28.2. The highest BCUT2D eigenvalue weighted by Gasteiger charge is 2.52. The maximum Gasteiger partial charge on any atom is 0.243 e. The maximum absolute atomic E-state index is 14.1. The molecule has 3 aromatic carbocycles. The van der Waals surface area contributed by atoms with E-state index in [1.54, 1.807) is 17.0 Å². The number of piperidine rings is 1. The van der Waals surface area contributed by atoms with Crippen molar-refractivity contribution in [1.29, 1.82) is 0 Å². The van der Waals surface area contributed by atoms with E-state index in [1.807, 2.05) is 67.6 Å². The van der Waals surface area contributed by atoms with Gasteiger partial charge >= 0.3 is 0 Å². The minimum Gasteiger partial charge on any atom is -0.494 e. The van der Waals surface area contributed by atoms with Crippen LogP contribution in [0.1, 0.15) is 67.2 Å². The molecule has 2 heterocycles. The third kappa shape index (κ3) is 8.42. The maximum atomic E-state index is 14.1. The summed E-state index contributed by atoms with van der Waals surface area (Å²) in [6.07, 6.45) is 4.58. The molecule has 2 aliphatic heterocycles. The fourth-order valence-corrected chi connectivity index (χ4v) is 6.98. The molecule has 0 radical (unpaired) electrons. The Morgan fingerprint density at radius 3 is 2.53 bits per heavy atom. The first kappa shape index (κ1) is 34.0. The van der Waals surface area contributed by atoms with Crippen LogP contribution in [-0.2, 0) is 37.6 Å². The van der Waals surface area contributed by atoms with Gasteiger partial charge in [-0.25, -0.2) is 0 Å². The molecule has 3 aromatic rings. The first-order valence-corrected chi connectivity index (χ1v) is 17.5. The molecule has 2 fully saturated rings. The van der Waals surface area contributed by atoms with Crippen molar-refractivity contribution >= 4 is 29.3 Å². The lowest BCUT2D eigenvalue weighted by Crippen LogP contribution is -2.56. The fourth-order valence-electron chi connectivity index (χ4n) is 6.98. The summed E-state index contributed by atoms with van der Waals surface area (Å²) in [7, 11) is 0. The van der Waals surface area contributed by atoms with Gasteiger partial charge < -0.3 is 31.3 Å². The zero-order valence-electron chi connectivity index (χ0n) is 28.2. The number of hydrogen-bond donors (Lipinski definition) is 4. The van der Waals surface area contributed by atoms with Crippen LogP contribution < -0.4 is 26.4 Å². The Hall–Kier alpha value is -4.86. The molecule has 49 heavy (non-hydrogen) atoms. The van der Waals surface area contributed by atoms with Crippen LogP contribution in [0.4, 0.5) is 5.69 Å². The predicted octanol–water partition coefficient (Wildman–Crippen LogP) is 3.94.